The minimum absolute atomic E-state index is 0.147. The van der Waals surface area contributed by atoms with Crippen LogP contribution < -0.4 is 10.6 Å². The van der Waals surface area contributed by atoms with E-state index in [1.165, 1.54) is 6.92 Å². The van der Waals surface area contributed by atoms with Crippen LogP contribution in [0.3, 0.4) is 0 Å². The first-order valence-electron chi connectivity index (χ1n) is 4.58. The molecule has 0 aromatic heterocycles. The van der Waals surface area contributed by atoms with Crippen molar-refractivity contribution in [1.82, 2.24) is 0 Å². The van der Waals surface area contributed by atoms with Crippen molar-refractivity contribution in [2.75, 3.05) is 10.6 Å². The van der Waals surface area contributed by atoms with Gasteiger partial charge in [-0.2, -0.15) is 0 Å². The van der Waals surface area contributed by atoms with Gasteiger partial charge in [-0.25, -0.2) is 4.79 Å². The average molecular weight is 220 g/mol. The number of anilines is 2. The molecule has 16 heavy (non-hydrogen) atoms. The van der Waals surface area contributed by atoms with Crippen LogP contribution in [0.25, 0.3) is 0 Å². The van der Waals surface area contributed by atoms with Gasteiger partial charge in [-0.1, -0.05) is 6.58 Å². The van der Waals surface area contributed by atoms with Gasteiger partial charge in [-0.3, -0.25) is 10.1 Å². The number of nitrogens with one attached hydrogen (secondary N) is 2. The van der Waals surface area contributed by atoms with Crippen LogP contribution in [-0.4, -0.2) is 12.0 Å². The molecule has 0 aliphatic rings. The van der Waals surface area contributed by atoms with Crippen LogP contribution in [0.1, 0.15) is 6.92 Å². The number of amides is 2. The Hall–Kier alpha value is -2.30. The average Bonchev–Trinajstić information content (AvgIpc) is 2.20. The van der Waals surface area contributed by atoms with Crippen molar-refractivity contribution in [2.24, 2.45) is 0 Å². The fourth-order valence-corrected chi connectivity index (χ4v) is 1.06. The van der Waals surface area contributed by atoms with Crippen molar-refractivity contribution >= 4 is 23.4 Å². The molecule has 0 bridgehead atoms. The fraction of sp³-hybridized carbons (Fsp3) is 0.0909. The summed E-state index contributed by atoms with van der Waals surface area (Å²) in [6, 6.07) is 6.64. The molecule has 0 radical (unpaired) electrons. The molecular weight excluding hydrogens is 208 g/mol. The molecule has 5 nitrogen and oxygen atoms in total. The van der Waals surface area contributed by atoms with Crippen LogP contribution in [0.4, 0.5) is 16.2 Å². The summed E-state index contributed by atoms with van der Waals surface area (Å²) >= 11 is 0. The second-order valence-corrected chi connectivity index (χ2v) is 2.96. The monoisotopic (exact) mass is 220 g/mol. The second-order valence-electron chi connectivity index (χ2n) is 2.96. The lowest BCUT2D eigenvalue weighted by molar-refractivity contribution is -0.114. The van der Waals surface area contributed by atoms with Gasteiger partial charge in [0, 0.05) is 18.3 Å². The number of benzene rings is 1. The van der Waals surface area contributed by atoms with Crippen molar-refractivity contribution in [3.8, 4) is 0 Å². The molecule has 0 atom stereocenters. The van der Waals surface area contributed by atoms with Gasteiger partial charge in [-0.15, -0.1) is 0 Å². The molecule has 1 aromatic carbocycles. The molecule has 0 aliphatic carbocycles. The predicted octanol–water partition coefficient (Wildman–Crippen LogP) is 2.34. The van der Waals surface area contributed by atoms with Crippen LogP contribution in [0.15, 0.2) is 37.1 Å². The summed E-state index contributed by atoms with van der Waals surface area (Å²) in [6.07, 6.45) is 0.434. The van der Waals surface area contributed by atoms with Crippen molar-refractivity contribution in [3.63, 3.8) is 0 Å². The van der Waals surface area contributed by atoms with E-state index in [4.69, 9.17) is 0 Å². The van der Waals surface area contributed by atoms with Gasteiger partial charge >= 0.3 is 6.09 Å². The van der Waals surface area contributed by atoms with Crippen LogP contribution in [-0.2, 0) is 9.53 Å². The van der Waals surface area contributed by atoms with E-state index in [1.54, 1.807) is 24.3 Å². The Morgan fingerprint density at radius 3 is 2.12 bits per heavy atom. The zero-order valence-electron chi connectivity index (χ0n) is 8.82. The Kier molecular flexibility index (Phi) is 4.08. The Labute approximate surface area is 93.1 Å². The Balaban J connectivity index is 2.60. The molecule has 0 spiro atoms. The van der Waals surface area contributed by atoms with E-state index in [2.05, 4.69) is 21.9 Å². The normalized spacial score (nSPS) is 9.06. The van der Waals surface area contributed by atoms with E-state index in [0.29, 0.717) is 11.4 Å². The lowest BCUT2D eigenvalue weighted by Crippen LogP contribution is -2.10. The highest BCUT2D eigenvalue weighted by molar-refractivity contribution is 5.89. The van der Waals surface area contributed by atoms with E-state index < -0.39 is 6.09 Å². The standard InChI is InChI=1S/C11H12N2O3/c1-3-16-11(15)13-10-6-4-9(5-7-10)12-8(2)14/h3-7H,1H2,2H3,(H,12,14)(H,13,15). The summed E-state index contributed by atoms with van der Waals surface area (Å²) in [7, 11) is 0. The SMILES string of the molecule is C=COC(=O)Nc1ccc(NC(C)=O)cc1. The zero-order valence-corrected chi connectivity index (χ0v) is 8.82. The highest BCUT2D eigenvalue weighted by atomic mass is 16.5. The van der Waals surface area contributed by atoms with Gasteiger partial charge in [0.05, 0.1) is 6.26 Å². The van der Waals surface area contributed by atoms with Crippen LogP contribution >= 0.6 is 0 Å². The van der Waals surface area contributed by atoms with E-state index in [-0.39, 0.29) is 5.91 Å². The summed E-state index contributed by atoms with van der Waals surface area (Å²) in [5.74, 6) is -0.147. The first-order valence-corrected chi connectivity index (χ1v) is 4.58. The number of hydrogen-bond donors (Lipinski definition) is 2. The lowest BCUT2D eigenvalue weighted by atomic mass is 10.3. The van der Waals surface area contributed by atoms with Crippen molar-refractivity contribution in [1.29, 1.82) is 0 Å². The zero-order chi connectivity index (χ0) is 12.0. The van der Waals surface area contributed by atoms with E-state index >= 15 is 0 Å². The number of carbonyl (C=O) groups is 2. The summed E-state index contributed by atoms with van der Waals surface area (Å²) in [5.41, 5.74) is 1.23. The second kappa shape index (κ2) is 5.55. The molecular formula is C11H12N2O3. The molecule has 0 aliphatic heterocycles. The van der Waals surface area contributed by atoms with Crippen molar-refractivity contribution < 1.29 is 14.3 Å². The molecule has 1 rings (SSSR count). The quantitative estimate of drug-likeness (QED) is 0.768. The fourth-order valence-electron chi connectivity index (χ4n) is 1.06. The smallest absolute Gasteiger partial charge is 0.416 e. The minimum Gasteiger partial charge on any atom is -0.419 e. The van der Waals surface area contributed by atoms with Crippen LogP contribution in [0.2, 0.25) is 0 Å². The Morgan fingerprint density at radius 2 is 1.69 bits per heavy atom. The van der Waals surface area contributed by atoms with Crippen LogP contribution in [0.5, 0.6) is 0 Å². The van der Waals surface area contributed by atoms with Gasteiger partial charge < -0.3 is 10.1 Å². The minimum atomic E-state index is -0.609. The molecule has 2 amide bonds. The number of rotatable bonds is 3. The molecule has 0 saturated carbocycles. The number of hydrogen-bond acceptors (Lipinski definition) is 3. The van der Waals surface area contributed by atoms with Gasteiger partial charge in [0.1, 0.15) is 0 Å². The lowest BCUT2D eigenvalue weighted by Gasteiger charge is -2.05. The summed E-state index contributed by atoms with van der Waals surface area (Å²) in [4.78, 5) is 21.7. The molecule has 1 aromatic rings. The predicted molar refractivity (Wildman–Crippen MR) is 61.0 cm³/mol. The Bertz CT molecular complexity index is 398. The maximum absolute atomic E-state index is 11.0. The van der Waals surface area contributed by atoms with Gasteiger partial charge in [-0.05, 0) is 24.3 Å². The summed E-state index contributed by atoms with van der Waals surface area (Å²) in [6.45, 7) is 4.68. The van der Waals surface area contributed by atoms with Crippen molar-refractivity contribution in [2.45, 2.75) is 6.92 Å². The third kappa shape index (κ3) is 3.83. The molecule has 0 fully saturated rings. The van der Waals surface area contributed by atoms with E-state index in [1.807, 2.05) is 0 Å². The first kappa shape index (κ1) is 11.8. The molecule has 2 N–H and O–H groups in total. The highest BCUT2D eigenvalue weighted by Gasteiger charge is 2.01. The number of carbonyl (C=O) groups excluding carboxylic acids is 2. The maximum Gasteiger partial charge on any atom is 0.416 e. The molecule has 0 saturated heterocycles. The molecule has 84 valence electrons. The van der Waals surface area contributed by atoms with E-state index in [9.17, 15) is 9.59 Å². The van der Waals surface area contributed by atoms with Gasteiger partial charge in [0.2, 0.25) is 5.91 Å². The third-order valence-electron chi connectivity index (χ3n) is 1.64. The summed E-state index contributed by atoms with van der Waals surface area (Å²) < 4.78 is 4.48. The van der Waals surface area contributed by atoms with Gasteiger partial charge in [0.25, 0.3) is 0 Å². The maximum atomic E-state index is 11.0. The van der Waals surface area contributed by atoms with Crippen molar-refractivity contribution in [3.05, 3.63) is 37.1 Å². The molecule has 5 heteroatoms. The van der Waals surface area contributed by atoms with Crippen LogP contribution in [0, 0.1) is 0 Å². The molecule has 0 heterocycles. The molecule has 0 unspecified atom stereocenters. The largest absolute Gasteiger partial charge is 0.419 e. The van der Waals surface area contributed by atoms with Gasteiger partial charge in [0.15, 0.2) is 0 Å². The summed E-state index contributed by atoms with van der Waals surface area (Å²) in [5, 5.41) is 5.09. The highest BCUT2D eigenvalue weighted by Crippen LogP contribution is 2.13. The van der Waals surface area contributed by atoms with E-state index in [0.717, 1.165) is 6.26 Å². The third-order valence-corrected chi connectivity index (χ3v) is 1.64. The first-order chi connectivity index (χ1) is 7.61. The Morgan fingerprint density at radius 1 is 1.19 bits per heavy atom. The topological polar surface area (TPSA) is 67.4 Å². The number of ether oxygens (including phenoxy) is 1.